The molecule has 5 nitrogen and oxygen atoms in total. The quantitative estimate of drug-likeness (QED) is 0.497. The molecule has 0 unspecified atom stereocenters. The van der Waals surface area contributed by atoms with Gasteiger partial charge in [-0.15, -0.1) is 24.5 Å². The maximum absolute atomic E-state index is 12.2. The van der Waals surface area contributed by atoms with Crippen LogP contribution in [0, 0.1) is 6.92 Å². The molecule has 1 aromatic heterocycles. The van der Waals surface area contributed by atoms with Gasteiger partial charge in [0.05, 0.1) is 12.1 Å². The predicted octanol–water partition coefficient (Wildman–Crippen LogP) is 5.93. The molecular formula is C19H15ClF3N3O2S. The molecule has 3 aromatic rings. The molecular weight excluding hydrogens is 427 g/mol. The van der Waals surface area contributed by atoms with Crippen LogP contribution in [-0.2, 0) is 11.2 Å². The Hall–Kier alpha value is -2.78. The lowest BCUT2D eigenvalue weighted by atomic mass is 10.2. The van der Waals surface area contributed by atoms with Crippen LogP contribution in [0.15, 0.2) is 47.8 Å². The van der Waals surface area contributed by atoms with Gasteiger partial charge >= 0.3 is 6.36 Å². The van der Waals surface area contributed by atoms with E-state index < -0.39 is 6.36 Å². The van der Waals surface area contributed by atoms with Gasteiger partial charge in [0.2, 0.25) is 5.91 Å². The van der Waals surface area contributed by atoms with E-state index in [-0.39, 0.29) is 18.1 Å². The number of benzene rings is 2. The van der Waals surface area contributed by atoms with Gasteiger partial charge in [0, 0.05) is 21.8 Å². The van der Waals surface area contributed by atoms with Crippen LogP contribution in [0.4, 0.5) is 29.7 Å². The summed E-state index contributed by atoms with van der Waals surface area (Å²) in [6, 6.07) is 10.5. The molecule has 1 heterocycles. The number of carbonyl (C=O) groups is 1. The Morgan fingerprint density at radius 3 is 2.62 bits per heavy atom. The van der Waals surface area contributed by atoms with Crippen molar-refractivity contribution in [2.75, 3.05) is 10.6 Å². The fourth-order valence-electron chi connectivity index (χ4n) is 2.41. The van der Waals surface area contributed by atoms with Crippen LogP contribution < -0.4 is 15.4 Å². The third kappa shape index (κ3) is 6.10. The number of hydrogen-bond acceptors (Lipinski definition) is 5. The van der Waals surface area contributed by atoms with Crippen molar-refractivity contribution in [2.45, 2.75) is 19.7 Å². The number of aromatic nitrogens is 1. The summed E-state index contributed by atoms with van der Waals surface area (Å²) in [6.45, 7) is 1.81. The Bertz CT molecular complexity index is 1010. The molecule has 3 rings (SSSR count). The van der Waals surface area contributed by atoms with Gasteiger partial charge in [-0.2, -0.15) is 0 Å². The molecule has 2 aromatic carbocycles. The highest BCUT2D eigenvalue weighted by Gasteiger charge is 2.30. The number of ether oxygens (including phenoxy) is 1. The van der Waals surface area contributed by atoms with Gasteiger partial charge in [0.1, 0.15) is 5.75 Å². The molecule has 0 atom stereocenters. The van der Waals surface area contributed by atoms with Crippen LogP contribution in [0.1, 0.15) is 11.3 Å². The lowest BCUT2D eigenvalue weighted by molar-refractivity contribution is -0.274. The molecule has 152 valence electrons. The molecule has 10 heteroatoms. The van der Waals surface area contributed by atoms with Crippen LogP contribution in [0.25, 0.3) is 0 Å². The number of hydrogen-bond donors (Lipinski definition) is 2. The van der Waals surface area contributed by atoms with Crippen LogP contribution in [0.5, 0.6) is 5.75 Å². The number of amides is 1. The van der Waals surface area contributed by atoms with Gasteiger partial charge in [-0.25, -0.2) is 4.98 Å². The molecule has 0 aliphatic carbocycles. The van der Waals surface area contributed by atoms with E-state index >= 15 is 0 Å². The van der Waals surface area contributed by atoms with E-state index in [1.807, 2.05) is 6.92 Å². The first-order valence-electron chi connectivity index (χ1n) is 8.32. The highest BCUT2D eigenvalue weighted by atomic mass is 35.5. The van der Waals surface area contributed by atoms with E-state index in [0.717, 1.165) is 5.56 Å². The number of thiazole rings is 1. The first kappa shape index (κ1) is 20.9. The van der Waals surface area contributed by atoms with Gasteiger partial charge in [-0.05, 0) is 48.9 Å². The van der Waals surface area contributed by atoms with E-state index in [0.29, 0.717) is 27.2 Å². The van der Waals surface area contributed by atoms with Gasteiger partial charge in [-0.1, -0.05) is 17.7 Å². The van der Waals surface area contributed by atoms with Crippen LogP contribution in [0.3, 0.4) is 0 Å². The van der Waals surface area contributed by atoms with E-state index in [1.54, 1.807) is 23.6 Å². The van der Waals surface area contributed by atoms with Crippen molar-refractivity contribution in [3.8, 4) is 5.75 Å². The summed E-state index contributed by atoms with van der Waals surface area (Å²) >= 11 is 7.32. The van der Waals surface area contributed by atoms with Crippen molar-refractivity contribution >= 4 is 45.4 Å². The van der Waals surface area contributed by atoms with E-state index in [1.165, 1.54) is 35.6 Å². The number of nitrogens with one attached hydrogen (secondary N) is 2. The summed E-state index contributed by atoms with van der Waals surface area (Å²) in [6.07, 6.45) is -4.66. The molecule has 0 bridgehead atoms. The molecule has 0 fully saturated rings. The summed E-state index contributed by atoms with van der Waals surface area (Å²) in [4.78, 5) is 16.6. The summed E-state index contributed by atoms with van der Waals surface area (Å²) in [5.41, 5.74) is 2.52. The summed E-state index contributed by atoms with van der Waals surface area (Å²) in [5.74, 6) is -0.545. The number of anilines is 3. The summed E-state index contributed by atoms with van der Waals surface area (Å²) in [7, 11) is 0. The van der Waals surface area contributed by atoms with Crippen molar-refractivity contribution in [3.63, 3.8) is 0 Å². The second kappa shape index (κ2) is 8.71. The highest BCUT2D eigenvalue weighted by molar-refractivity contribution is 7.13. The third-order valence-electron chi connectivity index (χ3n) is 3.77. The largest absolute Gasteiger partial charge is 0.573 e. The van der Waals surface area contributed by atoms with Crippen LogP contribution in [-0.4, -0.2) is 17.3 Å². The minimum absolute atomic E-state index is 0.0719. The number of alkyl halides is 3. The van der Waals surface area contributed by atoms with Gasteiger partial charge in [0.25, 0.3) is 0 Å². The molecule has 0 saturated carbocycles. The molecule has 2 N–H and O–H groups in total. The monoisotopic (exact) mass is 441 g/mol. The third-order valence-corrected chi connectivity index (χ3v) is 4.99. The normalized spacial score (nSPS) is 11.2. The molecule has 0 spiro atoms. The van der Waals surface area contributed by atoms with Crippen molar-refractivity contribution in [3.05, 3.63) is 64.1 Å². The maximum atomic E-state index is 12.2. The molecule has 0 saturated heterocycles. The van der Waals surface area contributed by atoms with E-state index in [2.05, 4.69) is 20.4 Å². The molecule has 0 radical (unpaired) electrons. The fourth-order valence-corrected chi connectivity index (χ4v) is 3.32. The Morgan fingerprint density at radius 1 is 1.21 bits per heavy atom. The predicted molar refractivity (Wildman–Crippen MR) is 107 cm³/mol. The molecule has 0 aliphatic heterocycles. The van der Waals surface area contributed by atoms with Crippen molar-refractivity contribution in [1.29, 1.82) is 0 Å². The summed E-state index contributed by atoms with van der Waals surface area (Å²) < 4.78 is 40.4. The first-order valence-corrected chi connectivity index (χ1v) is 9.57. The topological polar surface area (TPSA) is 63.2 Å². The Morgan fingerprint density at radius 2 is 1.93 bits per heavy atom. The minimum atomic E-state index is -4.73. The Kier molecular flexibility index (Phi) is 6.29. The SMILES string of the molecule is Cc1c(Cl)cccc1NC(=O)Cc1csc(Nc2ccc(OC(F)(F)F)cc2)n1. The van der Waals surface area contributed by atoms with Gasteiger partial charge in [0.15, 0.2) is 5.13 Å². The Labute approximate surface area is 173 Å². The average Bonchev–Trinajstić information content (AvgIpc) is 3.06. The highest BCUT2D eigenvalue weighted by Crippen LogP contribution is 2.27. The minimum Gasteiger partial charge on any atom is -0.406 e. The zero-order valence-corrected chi connectivity index (χ0v) is 16.6. The van der Waals surface area contributed by atoms with E-state index in [9.17, 15) is 18.0 Å². The van der Waals surface area contributed by atoms with Crippen molar-refractivity contribution < 1.29 is 22.7 Å². The molecule has 0 aliphatic rings. The maximum Gasteiger partial charge on any atom is 0.573 e. The van der Waals surface area contributed by atoms with E-state index in [4.69, 9.17) is 11.6 Å². The van der Waals surface area contributed by atoms with Crippen molar-refractivity contribution in [1.82, 2.24) is 4.98 Å². The zero-order valence-electron chi connectivity index (χ0n) is 15.0. The summed E-state index contributed by atoms with van der Waals surface area (Å²) in [5, 5.41) is 8.58. The number of rotatable bonds is 6. The van der Waals surface area contributed by atoms with Gasteiger partial charge < -0.3 is 15.4 Å². The standard InChI is InChI=1S/C19H15ClF3N3O2S/c1-11-15(20)3-2-4-16(11)26-17(27)9-13-10-29-18(25-13)24-12-5-7-14(8-6-12)28-19(21,22)23/h2-8,10H,9H2,1H3,(H,24,25)(H,26,27). The van der Waals surface area contributed by atoms with Crippen LogP contribution >= 0.6 is 22.9 Å². The smallest absolute Gasteiger partial charge is 0.406 e. The number of halogens is 4. The Balaban J connectivity index is 1.58. The molecule has 29 heavy (non-hydrogen) atoms. The zero-order chi connectivity index (χ0) is 21.0. The second-order valence-corrected chi connectivity index (χ2v) is 7.24. The fraction of sp³-hybridized carbons (Fsp3) is 0.158. The second-order valence-electron chi connectivity index (χ2n) is 5.98. The van der Waals surface area contributed by atoms with Crippen molar-refractivity contribution in [2.24, 2.45) is 0 Å². The molecule has 1 amide bonds. The average molecular weight is 442 g/mol. The van der Waals surface area contributed by atoms with Gasteiger partial charge in [-0.3, -0.25) is 4.79 Å². The lowest BCUT2D eigenvalue weighted by Gasteiger charge is -2.09. The number of carbonyl (C=O) groups excluding carboxylic acids is 1. The lowest BCUT2D eigenvalue weighted by Crippen LogP contribution is -2.16. The first-order chi connectivity index (χ1) is 13.7. The number of nitrogens with zero attached hydrogens (tertiary/aromatic N) is 1. The van der Waals surface area contributed by atoms with Crippen LogP contribution in [0.2, 0.25) is 5.02 Å².